The summed E-state index contributed by atoms with van der Waals surface area (Å²) in [6, 6.07) is 6.12. The Balaban J connectivity index is 2.35. The Kier molecular flexibility index (Phi) is 4.66. The van der Waals surface area contributed by atoms with E-state index in [0.29, 0.717) is 23.2 Å². The van der Waals surface area contributed by atoms with Crippen LogP contribution >= 0.6 is 0 Å². The maximum atomic E-state index is 11.7. The average molecular weight is 288 g/mol. The van der Waals surface area contributed by atoms with E-state index in [-0.39, 0.29) is 0 Å². The van der Waals surface area contributed by atoms with Gasteiger partial charge in [-0.3, -0.25) is 9.59 Å². The van der Waals surface area contributed by atoms with Crippen molar-refractivity contribution in [3.05, 3.63) is 23.8 Å². The van der Waals surface area contributed by atoms with Crippen LogP contribution < -0.4 is 10.2 Å². The first-order valence-corrected chi connectivity index (χ1v) is 7.74. The lowest BCUT2D eigenvalue weighted by molar-refractivity contribution is -0.112. The second-order valence-corrected chi connectivity index (χ2v) is 6.03. The second kappa shape index (κ2) is 6.29. The zero-order valence-corrected chi connectivity index (χ0v) is 13.3. The van der Waals surface area contributed by atoms with Gasteiger partial charge in [0.15, 0.2) is 0 Å². The Morgan fingerprint density at radius 2 is 1.81 bits per heavy atom. The topological polar surface area (TPSA) is 49.4 Å². The third-order valence-corrected chi connectivity index (χ3v) is 3.98. The molecule has 21 heavy (non-hydrogen) atoms. The zero-order valence-electron chi connectivity index (χ0n) is 13.3. The van der Waals surface area contributed by atoms with Gasteiger partial charge in [0, 0.05) is 18.3 Å². The van der Waals surface area contributed by atoms with Crippen molar-refractivity contribution in [2.75, 3.05) is 16.8 Å². The summed E-state index contributed by atoms with van der Waals surface area (Å²) in [5, 5.41) is 2.66. The number of hydrogen-bond acceptors (Lipinski definition) is 3. The van der Waals surface area contributed by atoms with E-state index in [9.17, 15) is 9.59 Å². The number of benzene rings is 1. The molecular formula is C17H24N2O2. The predicted octanol–water partition coefficient (Wildman–Crippen LogP) is 3.47. The first-order valence-electron chi connectivity index (χ1n) is 7.74. The summed E-state index contributed by atoms with van der Waals surface area (Å²) < 4.78 is 0. The van der Waals surface area contributed by atoms with E-state index >= 15 is 0 Å². The highest BCUT2D eigenvalue weighted by atomic mass is 16.2. The number of nitrogens with one attached hydrogen (secondary N) is 1. The number of amides is 1. The van der Waals surface area contributed by atoms with Gasteiger partial charge >= 0.3 is 0 Å². The first-order chi connectivity index (χ1) is 9.97. The fourth-order valence-corrected chi connectivity index (χ4v) is 2.90. The molecule has 1 amide bonds. The number of carbonyl (C=O) groups is 2. The van der Waals surface area contributed by atoms with E-state index in [1.165, 1.54) is 0 Å². The Hall–Kier alpha value is -1.84. The fraction of sp³-hybridized carbons (Fsp3) is 0.529. The number of rotatable bonds is 6. The summed E-state index contributed by atoms with van der Waals surface area (Å²) in [5.41, 5.74) is 2.20. The lowest BCUT2D eigenvalue weighted by atomic mass is 10.0. The van der Waals surface area contributed by atoms with Crippen LogP contribution in [0.15, 0.2) is 18.2 Å². The van der Waals surface area contributed by atoms with E-state index in [2.05, 4.69) is 37.9 Å². The van der Waals surface area contributed by atoms with Crippen molar-refractivity contribution in [1.82, 2.24) is 0 Å². The zero-order chi connectivity index (χ0) is 15.6. The van der Waals surface area contributed by atoms with Gasteiger partial charge in [-0.25, -0.2) is 0 Å². The lowest BCUT2D eigenvalue weighted by Gasteiger charge is -2.34. The number of carbonyl (C=O) groups excluding carboxylic acids is 2. The van der Waals surface area contributed by atoms with Crippen LogP contribution in [0.1, 0.15) is 50.9 Å². The van der Waals surface area contributed by atoms with Crippen molar-refractivity contribution >= 4 is 23.1 Å². The van der Waals surface area contributed by atoms with E-state index in [1.807, 2.05) is 12.1 Å². The SMILES string of the molecule is CCC(CC)N(CC(C)C)c1ccc2c(c1)NC(=O)C2=O. The number of Topliss-reactive ketones (excluding diaryl/α,β-unsaturated/α-hetero) is 1. The Labute approximate surface area is 126 Å². The maximum absolute atomic E-state index is 11.7. The van der Waals surface area contributed by atoms with Gasteiger partial charge in [-0.2, -0.15) is 0 Å². The molecule has 0 atom stereocenters. The standard InChI is InChI=1S/C17H24N2O2/c1-5-12(6-2)19(10-11(3)4)13-7-8-14-15(9-13)18-17(21)16(14)20/h7-9,11-12H,5-6,10H2,1-4H3,(H,18,20,21). The van der Waals surface area contributed by atoms with Gasteiger partial charge < -0.3 is 10.2 Å². The minimum absolute atomic E-state index is 0.436. The largest absolute Gasteiger partial charge is 0.368 e. The Morgan fingerprint density at radius 3 is 2.38 bits per heavy atom. The number of fused-ring (bicyclic) bond motifs is 1. The van der Waals surface area contributed by atoms with Crippen molar-refractivity contribution in [2.45, 2.75) is 46.6 Å². The molecule has 1 aliphatic heterocycles. The Bertz CT molecular complexity index is 548. The molecule has 114 valence electrons. The molecule has 0 saturated heterocycles. The fourth-order valence-electron chi connectivity index (χ4n) is 2.90. The highest BCUT2D eigenvalue weighted by molar-refractivity contribution is 6.51. The molecule has 0 aromatic heterocycles. The van der Waals surface area contributed by atoms with Crippen molar-refractivity contribution in [2.24, 2.45) is 5.92 Å². The maximum Gasteiger partial charge on any atom is 0.296 e. The minimum Gasteiger partial charge on any atom is -0.368 e. The third kappa shape index (κ3) is 3.09. The highest BCUT2D eigenvalue weighted by Crippen LogP contribution is 2.30. The first kappa shape index (κ1) is 15.5. The summed E-state index contributed by atoms with van der Waals surface area (Å²) in [4.78, 5) is 25.5. The molecule has 2 rings (SSSR count). The van der Waals surface area contributed by atoms with Gasteiger partial charge in [-0.05, 0) is 37.0 Å². The number of ketones is 1. The van der Waals surface area contributed by atoms with Crippen LogP contribution in [0.25, 0.3) is 0 Å². The van der Waals surface area contributed by atoms with Crippen molar-refractivity contribution in [3.8, 4) is 0 Å². The van der Waals surface area contributed by atoms with Crippen molar-refractivity contribution < 1.29 is 9.59 Å². The van der Waals surface area contributed by atoms with Gasteiger partial charge in [-0.15, -0.1) is 0 Å². The summed E-state index contributed by atoms with van der Waals surface area (Å²) in [5.74, 6) is -0.412. The van der Waals surface area contributed by atoms with E-state index in [4.69, 9.17) is 0 Å². The highest BCUT2D eigenvalue weighted by Gasteiger charge is 2.29. The summed E-state index contributed by atoms with van der Waals surface area (Å²) in [6.07, 6.45) is 2.15. The molecule has 0 radical (unpaired) electrons. The van der Waals surface area contributed by atoms with Crippen LogP contribution in [-0.4, -0.2) is 24.3 Å². The molecule has 0 fully saturated rings. The van der Waals surface area contributed by atoms with E-state index in [1.54, 1.807) is 6.07 Å². The van der Waals surface area contributed by atoms with Gasteiger partial charge in [0.05, 0.1) is 11.3 Å². The van der Waals surface area contributed by atoms with Gasteiger partial charge in [0.25, 0.3) is 11.7 Å². The van der Waals surface area contributed by atoms with Crippen LogP contribution in [0.5, 0.6) is 0 Å². The van der Waals surface area contributed by atoms with Crippen molar-refractivity contribution in [1.29, 1.82) is 0 Å². The predicted molar refractivity (Wildman–Crippen MR) is 86.0 cm³/mol. The molecule has 4 nitrogen and oxygen atoms in total. The van der Waals surface area contributed by atoms with Gasteiger partial charge in [0.2, 0.25) is 0 Å². The van der Waals surface area contributed by atoms with Gasteiger partial charge in [0.1, 0.15) is 0 Å². The summed E-state index contributed by atoms with van der Waals surface area (Å²) in [7, 11) is 0. The molecule has 0 spiro atoms. The molecule has 4 heteroatoms. The smallest absolute Gasteiger partial charge is 0.296 e. The molecule has 0 aliphatic carbocycles. The second-order valence-electron chi connectivity index (χ2n) is 6.03. The number of hydrogen-bond donors (Lipinski definition) is 1. The third-order valence-electron chi connectivity index (χ3n) is 3.98. The lowest BCUT2D eigenvalue weighted by Crippen LogP contribution is -2.37. The summed E-state index contributed by atoms with van der Waals surface area (Å²) >= 11 is 0. The van der Waals surface area contributed by atoms with E-state index in [0.717, 1.165) is 25.1 Å². The molecule has 1 N–H and O–H groups in total. The molecule has 1 aromatic carbocycles. The molecule has 1 heterocycles. The number of anilines is 2. The molecular weight excluding hydrogens is 264 g/mol. The van der Waals surface area contributed by atoms with Crippen LogP contribution in [-0.2, 0) is 4.79 Å². The monoisotopic (exact) mass is 288 g/mol. The number of nitrogens with zero attached hydrogens (tertiary/aromatic N) is 1. The minimum atomic E-state index is -0.528. The van der Waals surface area contributed by atoms with Crippen LogP contribution in [0, 0.1) is 5.92 Å². The molecule has 0 saturated carbocycles. The average Bonchev–Trinajstić information content (AvgIpc) is 2.73. The quantitative estimate of drug-likeness (QED) is 0.815. The van der Waals surface area contributed by atoms with E-state index < -0.39 is 11.7 Å². The molecule has 1 aliphatic rings. The van der Waals surface area contributed by atoms with Gasteiger partial charge in [-0.1, -0.05) is 27.7 Å². The Morgan fingerprint density at radius 1 is 1.14 bits per heavy atom. The molecule has 0 unspecified atom stereocenters. The van der Waals surface area contributed by atoms with Crippen LogP contribution in [0.4, 0.5) is 11.4 Å². The summed E-state index contributed by atoms with van der Waals surface area (Å²) in [6.45, 7) is 9.76. The van der Waals surface area contributed by atoms with Crippen LogP contribution in [0.3, 0.4) is 0 Å². The molecule has 0 bridgehead atoms. The van der Waals surface area contributed by atoms with Crippen molar-refractivity contribution in [3.63, 3.8) is 0 Å². The van der Waals surface area contributed by atoms with Crippen LogP contribution in [0.2, 0.25) is 0 Å². The normalized spacial score (nSPS) is 13.8. The molecule has 1 aromatic rings.